The number of hydrogen-bond acceptors (Lipinski definition) is 1. The Balaban J connectivity index is 2.35. The van der Waals surface area contributed by atoms with Gasteiger partial charge in [-0.1, -0.05) is 46.5 Å². The van der Waals surface area contributed by atoms with Gasteiger partial charge in [0, 0.05) is 0 Å². The summed E-state index contributed by atoms with van der Waals surface area (Å²) < 4.78 is 0. The van der Waals surface area contributed by atoms with Gasteiger partial charge in [-0.3, -0.25) is 0 Å². The van der Waals surface area contributed by atoms with E-state index in [0.29, 0.717) is 5.92 Å². The Morgan fingerprint density at radius 2 is 1.79 bits per heavy atom. The zero-order valence-corrected chi connectivity index (χ0v) is 9.92. The van der Waals surface area contributed by atoms with Crippen molar-refractivity contribution in [2.45, 2.75) is 59.0 Å². The number of aliphatic hydroxyl groups is 1. The molecule has 1 rings (SSSR count). The van der Waals surface area contributed by atoms with Crippen molar-refractivity contribution in [1.82, 2.24) is 0 Å². The van der Waals surface area contributed by atoms with Gasteiger partial charge in [0.1, 0.15) is 0 Å². The molecule has 0 aromatic rings. The number of rotatable bonds is 3. The molecule has 2 atom stereocenters. The first-order valence-corrected chi connectivity index (χ1v) is 5.92. The van der Waals surface area contributed by atoms with E-state index >= 15 is 0 Å². The molecule has 14 heavy (non-hydrogen) atoms. The number of aliphatic hydroxyl groups excluding tert-OH is 1. The van der Waals surface area contributed by atoms with Crippen LogP contribution >= 0.6 is 0 Å². The highest BCUT2D eigenvalue weighted by molar-refractivity contribution is 4.82. The average molecular weight is 197 g/mol. The van der Waals surface area contributed by atoms with Crippen molar-refractivity contribution >= 4 is 0 Å². The molecule has 1 fully saturated rings. The van der Waals surface area contributed by atoms with E-state index in [9.17, 15) is 5.11 Å². The molecule has 1 aliphatic rings. The van der Waals surface area contributed by atoms with E-state index in [-0.39, 0.29) is 11.5 Å². The van der Waals surface area contributed by atoms with Crippen LogP contribution in [0.5, 0.6) is 0 Å². The molecule has 1 aliphatic carbocycles. The zero-order chi connectivity index (χ0) is 10.8. The van der Waals surface area contributed by atoms with Gasteiger partial charge in [0.2, 0.25) is 0 Å². The minimum atomic E-state index is -0.203. The Bertz CT molecular complexity index is 163. The monoisotopic (exact) mass is 197 g/mol. The van der Waals surface area contributed by atoms with E-state index in [2.05, 4.69) is 27.7 Å². The van der Waals surface area contributed by atoms with Crippen molar-refractivity contribution in [3.05, 3.63) is 6.92 Å². The lowest BCUT2D eigenvalue weighted by molar-refractivity contribution is 0.0392. The predicted molar refractivity (Wildman–Crippen MR) is 60.9 cm³/mol. The SMILES string of the molecule is [CH2]C(CC(O)C(C)(C)C)C1CCCC1. The van der Waals surface area contributed by atoms with Gasteiger partial charge in [-0.25, -0.2) is 0 Å². The van der Waals surface area contributed by atoms with Crippen LogP contribution < -0.4 is 0 Å². The van der Waals surface area contributed by atoms with E-state index in [0.717, 1.165) is 12.3 Å². The Labute approximate surface area is 88.9 Å². The molecule has 0 aliphatic heterocycles. The largest absolute Gasteiger partial charge is 0.393 e. The van der Waals surface area contributed by atoms with Crippen molar-refractivity contribution in [2.24, 2.45) is 17.3 Å². The van der Waals surface area contributed by atoms with Crippen molar-refractivity contribution in [1.29, 1.82) is 0 Å². The van der Waals surface area contributed by atoms with Crippen molar-refractivity contribution in [3.8, 4) is 0 Å². The highest BCUT2D eigenvalue weighted by Gasteiger charge is 2.28. The molecule has 0 aromatic heterocycles. The van der Waals surface area contributed by atoms with Gasteiger partial charge in [-0.05, 0) is 30.6 Å². The third-order valence-electron chi connectivity index (χ3n) is 3.59. The summed E-state index contributed by atoms with van der Waals surface area (Å²) in [6.45, 7) is 10.5. The fourth-order valence-corrected chi connectivity index (χ4v) is 2.26. The highest BCUT2D eigenvalue weighted by atomic mass is 16.3. The maximum atomic E-state index is 9.98. The molecule has 0 aromatic carbocycles. The topological polar surface area (TPSA) is 20.2 Å². The molecule has 0 amide bonds. The van der Waals surface area contributed by atoms with Crippen LogP contribution in [0.4, 0.5) is 0 Å². The highest BCUT2D eigenvalue weighted by Crippen LogP contribution is 2.35. The van der Waals surface area contributed by atoms with Crippen molar-refractivity contribution in [3.63, 3.8) is 0 Å². The van der Waals surface area contributed by atoms with Crippen LogP contribution in [0.1, 0.15) is 52.9 Å². The Kier molecular flexibility index (Phi) is 4.00. The Morgan fingerprint density at radius 1 is 1.29 bits per heavy atom. The summed E-state index contributed by atoms with van der Waals surface area (Å²) >= 11 is 0. The summed E-state index contributed by atoms with van der Waals surface area (Å²) in [5.41, 5.74) is 0.00848. The molecule has 1 radical (unpaired) electrons. The summed E-state index contributed by atoms with van der Waals surface area (Å²) in [7, 11) is 0. The molecule has 1 N–H and O–H groups in total. The molecule has 0 heterocycles. The lowest BCUT2D eigenvalue weighted by Gasteiger charge is -2.30. The van der Waals surface area contributed by atoms with E-state index in [1.807, 2.05) is 0 Å². The van der Waals surface area contributed by atoms with Gasteiger partial charge in [-0.2, -0.15) is 0 Å². The molecular formula is C13H25O. The summed E-state index contributed by atoms with van der Waals surface area (Å²) in [5, 5.41) is 9.98. The van der Waals surface area contributed by atoms with Gasteiger partial charge >= 0.3 is 0 Å². The van der Waals surface area contributed by atoms with E-state index in [1.54, 1.807) is 0 Å². The van der Waals surface area contributed by atoms with Crippen molar-refractivity contribution < 1.29 is 5.11 Å². The molecule has 1 heteroatoms. The molecule has 1 saturated carbocycles. The van der Waals surface area contributed by atoms with Gasteiger partial charge < -0.3 is 5.11 Å². The lowest BCUT2D eigenvalue weighted by atomic mass is 9.80. The first kappa shape index (κ1) is 12.0. The lowest BCUT2D eigenvalue weighted by Crippen LogP contribution is -2.29. The van der Waals surface area contributed by atoms with Crippen LogP contribution in [-0.2, 0) is 0 Å². The molecule has 1 nitrogen and oxygen atoms in total. The van der Waals surface area contributed by atoms with Gasteiger partial charge in [0.25, 0.3) is 0 Å². The third kappa shape index (κ3) is 3.27. The normalized spacial score (nSPS) is 23.8. The fraction of sp³-hybridized carbons (Fsp3) is 0.923. The first-order valence-electron chi connectivity index (χ1n) is 5.92. The minimum absolute atomic E-state index is 0.00848. The molecule has 0 bridgehead atoms. The smallest absolute Gasteiger partial charge is 0.0591 e. The van der Waals surface area contributed by atoms with Crippen LogP contribution in [-0.4, -0.2) is 11.2 Å². The molecular weight excluding hydrogens is 172 g/mol. The summed E-state index contributed by atoms with van der Waals surface area (Å²) in [5.74, 6) is 1.22. The maximum Gasteiger partial charge on any atom is 0.0591 e. The number of hydrogen-bond donors (Lipinski definition) is 1. The summed E-state index contributed by atoms with van der Waals surface area (Å²) in [6, 6.07) is 0. The summed E-state index contributed by atoms with van der Waals surface area (Å²) in [6.07, 6.45) is 6.04. The third-order valence-corrected chi connectivity index (χ3v) is 3.59. The second-order valence-electron chi connectivity index (χ2n) is 5.92. The average Bonchev–Trinajstić information content (AvgIpc) is 2.53. The van der Waals surface area contributed by atoms with Gasteiger partial charge in [0.15, 0.2) is 0 Å². The summed E-state index contributed by atoms with van der Waals surface area (Å²) in [4.78, 5) is 0. The van der Waals surface area contributed by atoms with Gasteiger partial charge in [0.05, 0.1) is 6.10 Å². The second kappa shape index (κ2) is 4.65. The molecule has 2 unspecified atom stereocenters. The van der Waals surface area contributed by atoms with Crippen LogP contribution in [0.15, 0.2) is 0 Å². The van der Waals surface area contributed by atoms with E-state index < -0.39 is 0 Å². The predicted octanol–water partition coefficient (Wildman–Crippen LogP) is 3.42. The molecule has 83 valence electrons. The Hall–Kier alpha value is -0.0400. The first-order chi connectivity index (χ1) is 6.41. The Morgan fingerprint density at radius 3 is 2.21 bits per heavy atom. The van der Waals surface area contributed by atoms with Crippen LogP contribution in [0, 0.1) is 24.2 Å². The standard InChI is InChI=1S/C13H25O/c1-10(11-7-5-6-8-11)9-12(14)13(2,3)4/h10-12,14H,1,5-9H2,2-4H3. The molecule has 0 spiro atoms. The van der Waals surface area contributed by atoms with Crippen LogP contribution in [0.2, 0.25) is 0 Å². The van der Waals surface area contributed by atoms with Crippen molar-refractivity contribution in [2.75, 3.05) is 0 Å². The van der Waals surface area contributed by atoms with Crippen LogP contribution in [0.25, 0.3) is 0 Å². The fourth-order valence-electron chi connectivity index (χ4n) is 2.26. The van der Waals surface area contributed by atoms with E-state index in [4.69, 9.17) is 0 Å². The minimum Gasteiger partial charge on any atom is -0.393 e. The second-order valence-corrected chi connectivity index (χ2v) is 5.92. The van der Waals surface area contributed by atoms with Crippen LogP contribution in [0.3, 0.4) is 0 Å². The zero-order valence-electron chi connectivity index (χ0n) is 9.92. The molecule has 0 saturated heterocycles. The quantitative estimate of drug-likeness (QED) is 0.735. The van der Waals surface area contributed by atoms with E-state index in [1.165, 1.54) is 25.7 Å². The maximum absolute atomic E-state index is 9.98. The van der Waals surface area contributed by atoms with Gasteiger partial charge in [-0.15, -0.1) is 0 Å².